The molecule has 0 saturated carbocycles. The summed E-state index contributed by atoms with van der Waals surface area (Å²) in [6, 6.07) is 0. The van der Waals surface area contributed by atoms with Crippen molar-refractivity contribution in [1.82, 2.24) is 0 Å². The maximum Gasteiger partial charge on any atom is 0.214 e. The summed E-state index contributed by atoms with van der Waals surface area (Å²) < 4.78 is 5.91. The van der Waals surface area contributed by atoms with Crippen LogP contribution in [0.25, 0.3) is 0 Å². The summed E-state index contributed by atoms with van der Waals surface area (Å²) in [5.74, 6) is 1.51. The predicted molar refractivity (Wildman–Crippen MR) is 138 cm³/mol. The lowest BCUT2D eigenvalue weighted by Gasteiger charge is -2.15. The summed E-state index contributed by atoms with van der Waals surface area (Å²) in [6.07, 6.45) is 10.7. The van der Waals surface area contributed by atoms with Crippen molar-refractivity contribution in [3.63, 3.8) is 0 Å². The molecular weight excluding hydrogens is 390 g/mol. The van der Waals surface area contributed by atoms with E-state index in [-0.39, 0.29) is 11.8 Å². The zero-order valence-corrected chi connectivity index (χ0v) is 21.6. The van der Waals surface area contributed by atoms with Crippen molar-refractivity contribution in [2.24, 2.45) is 23.1 Å². The van der Waals surface area contributed by atoms with Gasteiger partial charge in [-0.25, -0.2) is 0 Å². The zero-order valence-electron chi connectivity index (χ0n) is 21.6. The maximum absolute atomic E-state index is 9.22. The standard InChI is InChI=1S/C17H27NO2.C3H8.C2H5NO.C2H6.CH5N/c1-6-10-14(5)15(7-2)20-16(13(3)4)11-8-9-12-17(18)19;1-3-2;1-2(3)4;2*1-2/h6-9,11,13,17,19H,1-2,10,12,18H2,3-5H3;3H2,1-2H3;1H3,(H2,3,4);1-2H3;2H2,1H3/b9-8-,15-14+,16-11+;;;;. The first kappa shape index (κ1) is 39.3. The Kier molecular flexibility index (Phi) is 41.3. The smallest absolute Gasteiger partial charge is 0.214 e. The lowest BCUT2D eigenvalue weighted by molar-refractivity contribution is -0.115. The quantitative estimate of drug-likeness (QED) is 0.167. The molecule has 6 nitrogen and oxygen atoms in total. The minimum atomic E-state index is -0.818. The van der Waals surface area contributed by atoms with E-state index in [4.69, 9.17) is 15.6 Å². The number of aliphatic hydroxyl groups is 1. The second-order valence-electron chi connectivity index (χ2n) is 6.22. The van der Waals surface area contributed by atoms with Crippen LogP contribution in [0.1, 0.15) is 74.7 Å². The van der Waals surface area contributed by atoms with E-state index in [2.05, 4.69) is 52.3 Å². The average Bonchev–Trinajstić information content (AvgIpc) is 2.70. The Bertz CT molecular complexity index is 502. The van der Waals surface area contributed by atoms with E-state index in [1.165, 1.54) is 20.4 Å². The molecule has 0 radical (unpaired) electrons. The van der Waals surface area contributed by atoms with E-state index in [1.807, 2.05) is 45.1 Å². The van der Waals surface area contributed by atoms with Crippen LogP contribution in [0.3, 0.4) is 0 Å². The van der Waals surface area contributed by atoms with Gasteiger partial charge in [-0.2, -0.15) is 0 Å². The predicted octanol–water partition coefficient (Wildman–Crippen LogP) is 5.31. The van der Waals surface area contributed by atoms with Crippen molar-refractivity contribution in [3.8, 4) is 0 Å². The third kappa shape index (κ3) is 39.0. The van der Waals surface area contributed by atoms with Gasteiger partial charge in [0, 0.05) is 19.3 Å². The normalized spacial score (nSPS) is 11.6. The maximum atomic E-state index is 9.22. The lowest BCUT2D eigenvalue weighted by Crippen LogP contribution is -2.16. The van der Waals surface area contributed by atoms with E-state index in [1.54, 1.807) is 6.08 Å². The van der Waals surface area contributed by atoms with Crippen LogP contribution in [0.15, 0.2) is 60.6 Å². The highest BCUT2D eigenvalue weighted by Gasteiger charge is 2.07. The molecule has 31 heavy (non-hydrogen) atoms. The van der Waals surface area contributed by atoms with Gasteiger partial charge in [0.1, 0.15) is 17.7 Å². The number of nitrogens with two attached hydrogens (primary N) is 3. The molecule has 0 aliphatic carbocycles. The Labute approximate surface area is 192 Å². The number of carbonyl (C=O) groups is 1. The van der Waals surface area contributed by atoms with Crippen LogP contribution in [0.5, 0.6) is 0 Å². The number of rotatable bonds is 9. The van der Waals surface area contributed by atoms with Crippen LogP contribution < -0.4 is 17.2 Å². The average molecular weight is 442 g/mol. The molecule has 0 aromatic rings. The fourth-order valence-electron chi connectivity index (χ4n) is 1.47. The molecule has 0 aliphatic rings. The third-order valence-electron chi connectivity index (χ3n) is 2.63. The molecule has 184 valence electrons. The second kappa shape index (κ2) is 32.5. The molecule has 1 amide bonds. The molecule has 1 unspecified atom stereocenters. The summed E-state index contributed by atoms with van der Waals surface area (Å²) in [4.78, 5) is 9.22. The van der Waals surface area contributed by atoms with Crippen molar-refractivity contribution >= 4 is 5.91 Å². The van der Waals surface area contributed by atoms with E-state index >= 15 is 0 Å². The van der Waals surface area contributed by atoms with Gasteiger partial charge in [0.05, 0.1) is 0 Å². The van der Waals surface area contributed by atoms with Crippen LogP contribution in [0.4, 0.5) is 0 Å². The van der Waals surface area contributed by atoms with Gasteiger partial charge in [-0.05, 0) is 38.1 Å². The van der Waals surface area contributed by atoms with Gasteiger partial charge in [-0.15, -0.1) is 6.58 Å². The minimum Gasteiger partial charge on any atom is -0.462 e. The van der Waals surface area contributed by atoms with Gasteiger partial charge in [-0.3, -0.25) is 4.79 Å². The van der Waals surface area contributed by atoms with Crippen LogP contribution in [-0.4, -0.2) is 24.3 Å². The second-order valence-corrected chi connectivity index (χ2v) is 6.22. The molecule has 0 aliphatic heterocycles. The Morgan fingerprint density at radius 2 is 1.55 bits per heavy atom. The summed E-state index contributed by atoms with van der Waals surface area (Å²) >= 11 is 0. The molecule has 0 rings (SSSR count). The molecule has 0 aromatic heterocycles. The van der Waals surface area contributed by atoms with Gasteiger partial charge in [-0.1, -0.05) is 72.8 Å². The van der Waals surface area contributed by atoms with Crippen LogP contribution in [0, 0.1) is 5.92 Å². The number of allylic oxidation sites excluding steroid dienone is 6. The molecule has 0 saturated heterocycles. The molecular formula is C25H51N3O3. The fourth-order valence-corrected chi connectivity index (χ4v) is 1.47. The van der Waals surface area contributed by atoms with Gasteiger partial charge in [0.25, 0.3) is 0 Å². The minimum absolute atomic E-state index is 0.244. The highest BCUT2D eigenvalue weighted by molar-refractivity contribution is 5.70. The fraction of sp³-hybridized carbons (Fsp3) is 0.560. The van der Waals surface area contributed by atoms with Gasteiger partial charge >= 0.3 is 0 Å². The topological polar surface area (TPSA) is 125 Å². The third-order valence-corrected chi connectivity index (χ3v) is 2.63. The van der Waals surface area contributed by atoms with Gasteiger partial charge in [0.15, 0.2) is 0 Å². The Morgan fingerprint density at radius 3 is 1.84 bits per heavy atom. The Balaban J connectivity index is -0.000000171. The first-order valence-electron chi connectivity index (χ1n) is 10.8. The number of hydrogen-bond acceptors (Lipinski definition) is 5. The first-order valence-corrected chi connectivity index (χ1v) is 10.8. The largest absolute Gasteiger partial charge is 0.462 e. The number of aliphatic hydroxyl groups excluding tert-OH is 1. The Hall–Kier alpha value is -2.15. The number of ether oxygens (including phenoxy) is 1. The van der Waals surface area contributed by atoms with Crippen LogP contribution in [-0.2, 0) is 9.53 Å². The van der Waals surface area contributed by atoms with E-state index < -0.39 is 6.23 Å². The number of amides is 1. The monoisotopic (exact) mass is 441 g/mol. The molecule has 0 fully saturated rings. The number of hydrogen-bond donors (Lipinski definition) is 4. The Morgan fingerprint density at radius 1 is 1.13 bits per heavy atom. The molecule has 6 heteroatoms. The molecule has 0 spiro atoms. The molecule has 0 bridgehead atoms. The lowest BCUT2D eigenvalue weighted by atomic mass is 10.1. The highest BCUT2D eigenvalue weighted by Crippen LogP contribution is 2.20. The van der Waals surface area contributed by atoms with E-state index in [0.29, 0.717) is 6.42 Å². The molecule has 7 N–H and O–H groups in total. The summed E-state index contributed by atoms with van der Waals surface area (Å²) in [5, 5.41) is 8.99. The van der Waals surface area contributed by atoms with E-state index in [0.717, 1.165) is 23.5 Å². The van der Waals surface area contributed by atoms with E-state index in [9.17, 15) is 4.79 Å². The van der Waals surface area contributed by atoms with Crippen molar-refractivity contribution in [1.29, 1.82) is 0 Å². The van der Waals surface area contributed by atoms with Crippen molar-refractivity contribution in [2.75, 3.05) is 7.05 Å². The number of primary amides is 1. The van der Waals surface area contributed by atoms with Gasteiger partial charge in [0.2, 0.25) is 5.91 Å². The summed E-state index contributed by atoms with van der Waals surface area (Å²) in [7, 11) is 1.50. The molecule has 0 aromatic carbocycles. The van der Waals surface area contributed by atoms with Crippen molar-refractivity contribution in [3.05, 3.63) is 60.6 Å². The highest BCUT2D eigenvalue weighted by atomic mass is 16.5. The van der Waals surface area contributed by atoms with Crippen molar-refractivity contribution < 1.29 is 14.6 Å². The van der Waals surface area contributed by atoms with Gasteiger partial charge < -0.3 is 27.0 Å². The first-order chi connectivity index (χ1) is 14.6. The summed E-state index contributed by atoms with van der Waals surface area (Å²) in [6.45, 7) is 23.2. The van der Waals surface area contributed by atoms with Crippen molar-refractivity contribution in [2.45, 2.75) is 80.9 Å². The summed E-state index contributed by atoms with van der Waals surface area (Å²) in [5.41, 5.74) is 15.3. The van der Waals surface area contributed by atoms with Crippen LogP contribution in [0.2, 0.25) is 0 Å². The zero-order chi connectivity index (χ0) is 25.8. The SMILES string of the molecule is C=CC/C(C)=C(\C=C)O/C(=C/C=C\CC(N)O)C(C)C.CC.CC(N)=O.CCC.CN. The van der Waals surface area contributed by atoms with Crippen LogP contribution >= 0.6 is 0 Å². The molecule has 1 atom stereocenters. The molecule has 0 heterocycles. The number of carbonyl (C=O) groups excluding carboxylic acids is 1.